The normalized spacial score (nSPS) is 17.6. The summed E-state index contributed by atoms with van der Waals surface area (Å²) >= 11 is 1.71. The molecule has 7 heteroatoms. The van der Waals surface area contributed by atoms with Gasteiger partial charge in [0, 0.05) is 23.5 Å². The molecule has 0 aromatic heterocycles. The van der Waals surface area contributed by atoms with Crippen LogP contribution in [0.4, 0.5) is 5.69 Å². The first-order valence-electron chi connectivity index (χ1n) is 11.8. The van der Waals surface area contributed by atoms with Crippen LogP contribution in [0.5, 0.6) is 0 Å². The molecule has 178 valence electrons. The zero-order valence-electron chi connectivity index (χ0n) is 19.8. The molecular weight excluding hydrogens is 458 g/mol. The number of thioether (sulfide) groups is 1. The maximum atomic E-state index is 13.1. The van der Waals surface area contributed by atoms with Crippen LogP contribution < -0.4 is 5.32 Å². The number of anilines is 1. The highest BCUT2D eigenvalue weighted by atomic mass is 32.2. The van der Waals surface area contributed by atoms with Gasteiger partial charge in [0.2, 0.25) is 0 Å². The van der Waals surface area contributed by atoms with Crippen LogP contribution in [0.3, 0.4) is 0 Å². The summed E-state index contributed by atoms with van der Waals surface area (Å²) in [5.74, 6) is 0.481. The van der Waals surface area contributed by atoms with E-state index in [0.29, 0.717) is 29.1 Å². The smallest absolute Gasteiger partial charge is 0.338 e. The van der Waals surface area contributed by atoms with E-state index in [1.807, 2.05) is 73.7 Å². The van der Waals surface area contributed by atoms with Crippen LogP contribution in [0.15, 0.2) is 83.0 Å². The Labute approximate surface area is 209 Å². The number of fused-ring (bicyclic) bond motifs is 2. The zero-order valence-corrected chi connectivity index (χ0v) is 20.6. The molecule has 3 aromatic rings. The molecule has 2 aliphatic rings. The van der Waals surface area contributed by atoms with Crippen molar-refractivity contribution < 1.29 is 14.3 Å². The molecule has 1 atom stereocenters. The number of carbonyl (C=O) groups is 2. The average Bonchev–Trinajstić information content (AvgIpc) is 2.87. The van der Waals surface area contributed by atoms with Crippen molar-refractivity contribution in [3.63, 3.8) is 0 Å². The Bertz CT molecular complexity index is 1360. The van der Waals surface area contributed by atoms with Crippen molar-refractivity contribution in [1.82, 2.24) is 4.90 Å². The predicted octanol–water partition coefficient (Wildman–Crippen LogP) is 5.78. The molecule has 2 aliphatic heterocycles. The fourth-order valence-electron chi connectivity index (χ4n) is 4.61. The van der Waals surface area contributed by atoms with E-state index in [1.165, 1.54) is 0 Å². The molecule has 0 saturated carbocycles. The molecule has 1 amide bonds. The van der Waals surface area contributed by atoms with Gasteiger partial charge in [-0.1, -0.05) is 54.2 Å². The van der Waals surface area contributed by atoms with E-state index in [-0.39, 0.29) is 17.9 Å². The van der Waals surface area contributed by atoms with Gasteiger partial charge in [-0.05, 0) is 60.9 Å². The van der Waals surface area contributed by atoms with Gasteiger partial charge in [0.05, 0.1) is 23.9 Å². The highest BCUT2D eigenvalue weighted by Crippen LogP contribution is 2.40. The van der Waals surface area contributed by atoms with Gasteiger partial charge in [-0.2, -0.15) is 0 Å². The third-order valence-corrected chi connectivity index (χ3v) is 7.30. The SMILES string of the molecule is CCOC(=O)C1=C(C)N=C2SCCCN2[C@@H]1c1cccc(NC(=O)c2ccc3ccccc3c2)c1. The van der Waals surface area contributed by atoms with Crippen LogP contribution in [0, 0.1) is 0 Å². The van der Waals surface area contributed by atoms with Gasteiger partial charge >= 0.3 is 5.97 Å². The van der Waals surface area contributed by atoms with Gasteiger partial charge in [-0.3, -0.25) is 4.79 Å². The molecule has 1 N–H and O–H groups in total. The first-order chi connectivity index (χ1) is 17.0. The molecule has 0 unspecified atom stereocenters. The Morgan fingerprint density at radius 1 is 1.09 bits per heavy atom. The lowest BCUT2D eigenvalue weighted by Crippen LogP contribution is -2.42. The van der Waals surface area contributed by atoms with Gasteiger partial charge in [-0.15, -0.1) is 0 Å². The van der Waals surface area contributed by atoms with Gasteiger partial charge < -0.3 is 15.0 Å². The fraction of sp³-hybridized carbons (Fsp3) is 0.250. The largest absolute Gasteiger partial charge is 0.463 e. The zero-order chi connectivity index (χ0) is 24.4. The van der Waals surface area contributed by atoms with Crippen LogP contribution in [-0.2, 0) is 9.53 Å². The number of hydrogen-bond donors (Lipinski definition) is 1. The topological polar surface area (TPSA) is 71.0 Å². The number of hydrogen-bond acceptors (Lipinski definition) is 6. The average molecular weight is 486 g/mol. The molecular formula is C28H27N3O3S. The van der Waals surface area contributed by atoms with Crippen LogP contribution in [0.1, 0.15) is 42.2 Å². The maximum Gasteiger partial charge on any atom is 0.338 e. The summed E-state index contributed by atoms with van der Waals surface area (Å²) < 4.78 is 5.40. The number of aliphatic imine (C=N–C) groups is 1. The van der Waals surface area contributed by atoms with E-state index in [1.54, 1.807) is 18.7 Å². The number of carbonyl (C=O) groups excluding carboxylic acids is 2. The van der Waals surface area contributed by atoms with Crippen molar-refractivity contribution in [1.29, 1.82) is 0 Å². The summed E-state index contributed by atoms with van der Waals surface area (Å²) in [4.78, 5) is 32.9. The monoisotopic (exact) mass is 485 g/mol. The Morgan fingerprint density at radius 3 is 2.74 bits per heavy atom. The summed E-state index contributed by atoms with van der Waals surface area (Å²) in [6.07, 6.45) is 1.01. The fourth-order valence-corrected chi connectivity index (χ4v) is 5.63. The minimum absolute atomic E-state index is 0.176. The number of amidine groups is 1. The Balaban J connectivity index is 1.46. The van der Waals surface area contributed by atoms with E-state index in [4.69, 9.17) is 9.73 Å². The van der Waals surface area contributed by atoms with E-state index in [0.717, 1.165) is 40.2 Å². The van der Waals surface area contributed by atoms with Crippen molar-refractivity contribution >= 4 is 45.3 Å². The van der Waals surface area contributed by atoms with Gasteiger partial charge in [0.25, 0.3) is 5.91 Å². The molecule has 0 radical (unpaired) electrons. The van der Waals surface area contributed by atoms with Crippen LogP contribution >= 0.6 is 11.8 Å². The van der Waals surface area contributed by atoms with Crippen molar-refractivity contribution in [2.24, 2.45) is 4.99 Å². The summed E-state index contributed by atoms with van der Waals surface area (Å²) in [7, 11) is 0. The number of rotatable bonds is 5. The van der Waals surface area contributed by atoms with Gasteiger partial charge in [-0.25, -0.2) is 9.79 Å². The molecule has 0 bridgehead atoms. The lowest BCUT2D eigenvalue weighted by atomic mass is 9.94. The van der Waals surface area contributed by atoms with E-state index >= 15 is 0 Å². The lowest BCUT2D eigenvalue weighted by Gasteiger charge is -2.40. The number of amides is 1. The number of allylic oxidation sites excluding steroid dienone is 1. The summed E-state index contributed by atoms with van der Waals surface area (Å²) in [6.45, 7) is 4.78. The molecule has 1 saturated heterocycles. The van der Waals surface area contributed by atoms with Crippen molar-refractivity contribution in [3.05, 3.63) is 89.1 Å². The Kier molecular flexibility index (Phi) is 6.59. The number of nitrogens with zero attached hydrogens (tertiary/aromatic N) is 2. The molecule has 3 aromatic carbocycles. The highest BCUT2D eigenvalue weighted by molar-refractivity contribution is 8.13. The van der Waals surface area contributed by atoms with E-state index in [2.05, 4.69) is 10.2 Å². The van der Waals surface area contributed by atoms with Crippen LogP contribution in [0.25, 0.3) is 10.8 Å². The maximum absolute atomic E-state index is 13.1. The Hall–Kier alpha value is -3.58. The first-order valence-corrected chi connectivity index (χ1v) is 12.8. The minimum atomic E-state index is -0.348. The number of esters is 1. The molecule has 6 nitrogen and oxygen atoms in total. The molecule has 5 rings (SSSR count). The van der Waals surface area contributed by atoms with E-state index in [9.17, 15) is 9.59 Å². The quantitative estimate of drug-likeness (QED) is 0.464. The summed E-state index contributed by atoms with van der Waals surface area (Å²) in [5, 5.41) is 6.07. The number of nitrogens with one attached hydrogen (secondary N) is 1. The van der Waals surface area contributed by atoms with Gasteiger partial charge in [0.1, 0.15) is 0 Å². The van der Waals surface area contributed by atoms with E-state index < -0.39 is 0 Å². The minimum Gasteiger partial charge on any atom is -0.463 e. The third kappa shape index (κ3) is 4.68. The third-order valence-electron chi connectivity index (χ3n) is 6.23. The van der Waals surface area contributed by atoms with Crippen LogP contribution in [-0.4, -0.2) is 40.8 Å². The second-order valence-electron chi connectivity index (χ2n) is 8.55. The highest BCUT2D eigenvalue weighted by Gasteiger charge is 2.38. The standard InChI is InChI=1S/C28H27N3O3S/c1-3-34-27(33)24-18(2)29-28-31(14-7-15-35-28)25(24)21-10-6-11-23(17-21)30-26(32)22-13-12-19-8-4-5-9-20(19)16-22/h4-6,8-13,16-17,25H,3,7,14-15H2,1-2H3,(H,30,32)/t25-/m1/s1. The van der Waals surface area contributed by atoms with Crippen molar-refractivity contribution in [2.75, 3.05) is 24.2 Å². The van der Waals surface area contributed by atoms with Crippen molar-refractivity contribution in [2.45, 2.75) is 26.3 Å². The van der Waals surface area contributed by atoms with Crippen molar-refractivity contribution in [3.8, 4) is 0 Å². The second kappa shape index (κ2) is 9.96. The summed E-state index contributed by atoms with van der Waals surface area (Å²) in [5.41, 5.74) is 3.42. The number of ether oxygens (including phenoxy) is 1. The molecule has 2 heterocycles. The van der Waals surface area contributed by atoms with Gasteiger partial charge in [0.15, 0.2) is 5.17 Å². The molecule has 0 aliphatic carbocycles. The summed E-state index contributed by atoms with van der Waals surface area (Å²) in [6, 6.07) is 21.1. The molecule has 35 heavy (non-hydrogen) atoms. The predicted molar refractivity (Wildman–Crippen MR) is 142 cm³/mol. The lowest BCUT2D eigenvalue weighted by molar-refractivity contribution is -0.139. The Morgan fingerprint density at radius 2 is 1.91 bits per heavy atom. The second-order valence-corrected chi connectivity index (χ2v) is 9.62. The first kappa shape index (κ1) is 23.2. The van der Waals surface area contributed by atoms with Crippen LogP contribution in [0.2, 0.25) is 0 Å². The number of benzene rings is 3. The molecule has 1 fully saturated rings. The molecule has 0 spiro atoms.